The summed E-state index contributed by atoms with van der Waals surface area (Å²) in [4.78, 5) is 28.1. The lowest BCUT2D eigenvalue weighted by atomic mass is 9.79. The molecule has 0 amide bonds. The van der Waals surface area contributed by atoms with Crippen LogP contribution in [0.3, 0.4) is 0 Å². The number of aromatic amines is 1. The number of piperidine rings is 1. The first-order chi connectivity index (χ1) is 15.0. The standard InChI is InChI=1S/C22H28N8O2/c1-21(2)9-14(10-22(3,4)29-21)30(5)19-23-11-16(27-28-19)15-7-6-13(8-17(15)31)18-24-12-25-20(32)26-18/h6-8,11-12,14,29,31H,9-10H2,1-5H3,(H,24,25,26,32). The zero-order valence-corrected chi connectivity index (χ0v) is 18.9. The number of aromatic hydroxyl groups is 1. The van der Waals surface area contributed by atoms with E-state index < -0.39 is 5.69 Å². The van der Waals surface area contributed by atoms with Crippen molar-refractivity contribution in [2.24, 2.45) is 0 Å². The number of anilines is 1. The van der Waals surface area contributed by atoms with Gasteiger partial charge in [-0.05, 0) is 52.7 Å². The summed E-state index contributed by atoms with van der Waals surface area (Å²) in [6, 6.07) is 5.21. The van der Waals surface area contributed by atoms with Crippen molar-refractivity contribution in [1.82, 2.24) is 35.5 Å². The van der Waals surface area contributed by atoms with E-state index in [0.29, 0.717) is 28.6 Å². The molecular weight excluding hydrogens is 408 g/mol. The Labute approximate surface area is 186 Å². The van der Waals surface area contributed by atoms with E-state index in [1.165, 1.54) is 12.4 Å². The molecule has 1 aromatic carbocycles. The van der Waals surface area contributed by atoms with Crippen molar-refractivity contribution in [3.63, 3.8) is 0 Å². The number of phenolic OH excluding ortho intramolecular Hbond substituents is 1. The average Bonchev–Trinajstić information content (AvgIpc) is 2.71. The number of rotatable bonds is 4. The van der Waals surface area contributed by atoms with E-state index >= 15 is 0 Å². The fourth-order valence-electron chi connectivity index (χ4n) is 4.61. The first kappa shape index (κ1) is 21.8. The Morgan fingerprint density at radius 2 is 1.78 bits per heavy atom. The molecule has 0 radical (unpaired) electrons. The molecule has 0 saturated carbocycles. The Morgan fingerprint density at radius 3 is 2.38 bits per heavy atom. The van der Waals surface area contributed by atoms with Gasteiger partial charge < -0.3 is 15.3 Å². The molecule has 3 aromatic rings. The monoisotopic (exact) mass is 436 g/mol. The smallest absolute Gasteiger partial charge is 0.348 e. The Hall–Kier alpha value is -3.40. The van der Waals surface area contributed by atoms with Crippen LogP contribution in [0.5, 0.6) is 5.75 Å². The second-order valence-electron chi connectivity index (χ2n) is 9.59. The van der Waals surface area contributed by atoms with E-state index in [0.717, 1.165) is 12.8 Å². The molecule has 1 fully saturated rings. The van der Waals surface area contributed by atoms with Crippen LogP contribution in [0.15, 0.2) is 35.5 Å². The number of aromatic nitrogens is 6. The van der Waals surface area contributed by atoms with Gasteiger partial charge in [0.15, 0.2) is 0 Å². The largest absolute Gasteiger partial charge is 0.507 e. The highest BCUT2D eigenvalue weighted by Crippen LogP contribution is 2.33. The summed E-state index contributed by atoms with van der Waals surface area (Å²) >= 11 is 0. The minimum absolute atomic E-state index is 0.00946. The van der Waals surface area contributed by atoms with Crippen molar-refractivity contribution in [3.05, 3.63) is 41.2 Å². The van der Waals surface area contributed by atoms with Gasteiger partial charge >= 0.3 is 5.69 Å². The van der Waals surface area contributed by atoms with Crippen LogP contribution in [0.1, 0.15) is 40.5 Å². The van der Waals surface area contributed by atoms with Gasteiger partial charge in [0.25, 0.3) is 0 Å². The Morgan fingerprint density at radius 1 is 1.06 bits per heavy atom. The number of H-pyrrole nitrogens is 1. The number of benzene rings is 1. The van der Waals surface area contributed by atoms with E-state index in [1.54, 1.807) is 18.3 Å². The van der Waals surface area contributed by atoms with E-state index in [-0.39, 0.29) is 22.9 Å². The maximum atomic E-state index is 11.4. The third-order valence-electron chi connectivity index (χ3n) is 5.72. The predicted octanol–water partition coefficient (Wildman–Crippen LogP) is 2.13. The lowest BCUT2D eigenvalue weighted by molar-refractivity contribution is 0.160. The van der Waals surface area contributed by atoms with Gasteiger partial charge in [-0.1, -0.05) is 6.07 Å². The van der Waals surface area contributed by atoms with Gasteiger partial charge in [0.2, 0.25) is 5.95 Å². The van der Waals surface area contributed by atoms with Gasteiger partial charge in [0, 0.05) is 35.3 Å². The summed E-state index contributed by atoms with van der Waals surface area (Å²) in [6.07, 6.45) is 4.71. The number of phenols is 1. The SMILES string of the molecule is CN(c1ncc(-c2ccc(-c3ncnc(=O)[nH]3)cc2O)nn1)C1CC(C)(C)NC(C)(C)C1. The van der Waals surface area contributed by atoms with Crippen molar-refractivity contribution < 1.29 is 5.11 Å². The van der Waals surface area contributed by atoms with Crippen molar-refractivity contribution in [2.75, 3.05) is 11.9 Å². The maximum absolute atomic E-state index is 11.4. The third-order valence-corrected chi connectivity index (χ3v) is 5.72. The minimum Gasteiger partial charge on any atom is -0.507 e. The van der Waals surface area contributed by atoms with Crippen LogP contribution >= 0.6 is 0 Å². The second-order valence-corrected chi connectivity index (χ2v) is 9.59. The molecule has 32 heavy (non-hydrogen) atoms. The molecule has 168 valence electrons. The highest BCUT2D eigenvalue weighted by molar-refractivity contribution is 5.71. The number of hydrogen-bond donors (Lipinski definition) is 3. The van der Waals surface area contributed by atoms with Crippen LogP contribution in [-0.4, -0.2) is 59.4 Å². The zero-order chi connectivity index (χ0) is 23.1. The minimum atomic E-state index is -0.506. The fraction of sp³-hybridized carbons (Fsp3) is 0.455. The molecule has 3 heterocycles. The van der Waals surface area contributed by atoms with Crippen LogP contribution in [0, 0.1) is 0 Å². The topological polar surface area (TPSA) is 133 Å². The lowest BCUT2D eigenvalue weighted by Crippen LogP contribution is -2.62. The van der Waals surface area contributed by atoms with Gasteiger partial charge in [-0.25, -0.2) is 14.8 Å². The Kier molecular flexibility index (Phi) is 5.41. The molecule has 10 heteroatoms. The van der Waals surface area contributed by atoms with Crippen molar-refractivity contribution >= 4 is 5.95 Å². The summed E-state index contributed by atoms with van der Waals surface area (Å²) in [5.41, 5.74) is 1.01. The molecule has 10 nitrogen and oxygen atoms in total. The molecule has 2 aromatic heterocycles. The molecule has 4 rings (SSSR count). The molecule has 1 saturated heterocycles. The first-order valence-corrected chi connectivity index (χ1v) is 10.5. The van der Waals surface area contributed by atoms with Crippen LogP contribution in [0.2, 0.25) is 0 Å². The van der Waals surface area contributed by atoms with Gasteiger partial charge in [-0.15, -0.1) is 10.2 Å². The Balaban J connectivity index is 1.55. The zero-order valence-electron chi connectivity index (χ0n) is 18.9. The fourth-order valence-corrected chi connectivity index (χ4v) is 4.61. The van der Waals surface area contributed by atoms with Crippen molar-refractivity contribution in [2.45, 2.75) is 57.7 Å². The van der Waals surface area contributed by atoms with E-state index in [1.807, 2.05) is 7.05 Å². The normalized spacial score (nSPS) is 17.8. The predicted molar refractivity (Wildman–Crippen MR) is 121 cm³/mol. The van der Waals surface area contributed by atoms with E-state index in [9.17, 15) is 9.90 Å². The molecule has 0 unspecified atom stereocenters. The maximum Gasteiger partial charge on any atom is 0.348 e. The van der Waals surface area contributed by atoms with Gasteiger partial charge in [0.05, 0.1) is 6.20 Å². The molecule has 3 N–H and O–H groups in total. The quantitative estimate of drug-likeness (QED) is 0.562. The molecule has 0 aliphatic carbocycles. The van der Waals surface area contributed by atoms with Crippen molar-refractivity contribution in [1.29, 1.82) is 0 Å². The summed E-state index contributed by atoms with van der Waals surface area (Å²) in [5, 5.41) is 22.8. The average molecular weight is 437 g/mol. The molecule has 0 atom stereocenters. The summed E-state index contributed by atoms with van der Waals surface area (Å²) in [5.74, 6) is 0.851. The van der Waals surface area contributed by atoms with Gasteiger partial charge in [-0.2, -0.15) is 4.98 Å². The number of hydrogen-bond acceptors (Lipinski definition) is 9. The van der Waals surface area contributed by atoms with Crippen LogP contribution < -0.4 is 15.9 Å². The van der Waals surface area contributed by atoms with Gasteiger partial charge in [-0.3, -0.25) is 4.98 Å². The highest BCUT2D eigenvalue weighted by Gasteiger charge is 2.39. The van der Waals surface area contributed by atoms with Crippen LogP contribution in [0.4, 0.5) is 5.95 Å². The third kappa shape index (κ3) is 4.59. The van der Waals surface area contributed by atoms with E-state index in [2.05, 4.69) is 68.0 Å². The molecule has 0 bridgehead atoms. The van der Waals surface area contributed by atoms with Crippen LogP contribution in [0.25, 0.3) is 22.6 Å². The second kappa shape index (κ2) is 7.94. The van der Waals surface area contributed by atoms with Crippen LogP contribution in [-0.2, 0) is 0 Å². The number of nitrogens with zero attached hydrogens (tertiary/aromatic N) is 6. The summed E-state index contributed by atoms with van der Waals surface area (Å²) in [6.45, 7) is 8.84. The first-order valence-electron chi connectivity index (χ1n) is 10.5. The van der Waals surface area contributed by atoms with Crippen molar-refractivity contribution in [3.8, 4) is 28.4 Å². The summed E-state index contributed by atoms with van der Waals surface area (Å²) < 4.78 is 0. The lowest BCUT2D eigenvalue weighted by Gasteiger charge is -2.48. The molecular formula is C22H28N8O2. The Bertz CT molecular complexity index is 1160. The molecule has 1 aliphatic heterocycles. The number of nitrogens with one attached hydrogen (secondary N) is 2. The van der Waals surface area contributed by atoms with Gasteiger partial charge in [0.1, 0.15) is 23.6 Å². The molecule has 0 spiro atoms. The highest BCUT2D eigenvalue weighted by atomic mass is 16.3. The summed E-state index contributed by atoms with van der Waals surface area (Å²) in [7, 11) is 1.99. The van der Waals surface area contributed by atoms with E-state index in [4.69, 9.17) is 0 Å². The molecule has 1 aliphatic rings.